The molecule has 0 N–H and O–H groups in total. The third kappa shape index (κ3) is 4.69. The smallest absolute Gasteiger partial charge is 0.195 e. The molecule has 128 valence electrons. The van der Waals surface area contributed by atoms with Crippen LogP contribution in [0.15, 0.2) is 71.2 Å². The van der Waals surface area contributed by atoms with E-state index in [1.807, 2.05) is 30.3 Å². The number of alkyl halides is 3. The fourth-order valence-electron chi connectivity index (χ4n) is 2.04. The van der Waals surface area contributed by atoms with E-state index in [4.69, 9.17) is 0 Å². The highest BCUT2D eigenvalue weighted by atomic mass is 32.2. The van der Waals surface area contributed by atoms with Crippen LogP contribution in [0.3, 0.4) is 0 Å². The summed E-state index contributed by atoms with van der Waals surface area (Å²) in [5.41, 5.74) is 0.769. The standard InChI is InChI=1S/C17H13F3N4S/c18-17(19,20)15-8-4-7-14(9-15)10-22-24-12-21-23-16(24)25-11-13-5-2-1-3-6-13/h1-10,12H,11H2. The molecule has 0 aliphatic rings. The fourth-order valence-corrected chi connectivity index (χ4v) is 2.86. The second-order valence-corrected chi connectivity index (χ2v) is 6.04. The molecule has 3 rings (SSSR count). The van der Waals surface area contributed by atoms with Gasteiger partial charge in [0.25, 0.3) is 0 Å². The summed E-state index contributed by atoms with van der Waals surface area (Å²) < 4.78 is 39.6. The first-order chi connectivity index (χ1) is 12.0. The minimum absolute atomic E-state index is 0.350. The Kier molecular flexibility index (Phi) is 5.18. The van der Waals surface area contributed by atoms with Crippen molar-refractivity contribution in [3.63, 3.8) is 0 Å². The zero-order chi connectivity index (χ0) is 17.7. The third-order valence-corrected chi connectivity index (χ3v) is 4.26. The molecule has 8 heteroatoms. The Bertz CT molecular complexity index is 860. The number of rotatable bonds is 5. The van der Waals surface area contributed by atoms with Gasteiger partial charge in [0.2, 0.25) is 5.16 Å². The normalized spacial score (nSPS) is 12.0. The molecule has 0 saturated carbocycles. The summed E-state index contributed by atoms with van der Waals surface area (Å²) in [7, 11) is 0. The van der Waals surface area contributed by atoms with Gasteiger partial charge in [-0.3, -0.25) is 0 Å². The van der Waals surface area contributed by atoms with E-state index >= 15 is 0 Å². The van der Waals surface area contributed by atoms with Crippen LogP contribution in [0.25, 0.3) is 0 Å². The summed E-state index contributed by atoms with van der Waals surface area (Å²) >= 11 is 1.44. The zero-order valence-electron chi connectivity index (χ0n) is 12.9. The maximum absolute atomic E-state index is 12.7. The topological polar surface area (TPSA) is 43.1 Å². The van der Waals surface area contributed by atoms with E-state index < -0.39 is 11.7 Å². The highest BCUT2D eigenvalue weighted by Gasteiger charge is 2.30. The molecule has 0 amide bonds. The van der Waals surface area contributed by atoms with Gasteiger partial charge in [0.05, 0.1) is 11.8 Å². The van der Waals surface area contributed by atoms with Crippen molar-refractivity contribution >= 4 is 18.0 Å². The molecular weight excluding hydrogens is 349 g/mol. The van der Waals surface area contributed by atoms with Crippen molar-refractivity contribution in [2.24, 2.45) is 5.10 Å². The first-order valence-electron chi connectivity index (χ1n) is 7.31. The van der Waals surface area contributed by atoms with Crippen LogP contribution in [0.2, 0.25) is 0 Å². The van der Waals surface area contributed by atoms with Gasteiger partial charge in [0, 0.05) is 5.75 Å². The molecule has 0 unspecified atom stereocenters. The van der Waals surface area contributed by atoms with E-state index in [-0.39, 0.29) is 0 Å². The molecule has 4 nitrogen and oxygen atoms in total. The second-order valence-electron chi connectivity index (χ2n) is 5.10. The van der Waals surface area contributed by atoms with Gasteiger partial charge in [-0.05, 0) is 23.3 Å². The SMILES string of the molecule is FC(F)(F)c1cccc(C=Nn2cnnc2SCc2ccccc2)c1. The average molecular weight is 362 g/mol. The van der Waals surface area contributed by atoms with Crippen molar-refractivity contribution in [3.8, 4) is 0 Å². The van der Waals surface area contributed by atoms with E-state index in [1.165, 1.54) is 35.0 Å². The van der Waals surface area contributed by atoms with Crippen molar-refractivity contribution in [3.05, 3.63) is 77.6 Å². The second kappa shape index (κ2) is 7.52. The minimum atomic E-state index is -4.38. The predicted molar refractivity (Wildman–Crippen MR) is 90.5 cm³/mol. The van der Waals surface area contributed by atoms with Crippen molar-refractivity contribution in [2.75, 3.05) is 0 Å². The third-order valence-electron chi connectivity index (χ3n) is 3.26. The van der Waals surface area contributed by atoms with Gasteiger partial charge < -0.3 is 0 Å². The van der Waals surface area contributed by atoms with Crippen LogP contribution in [0.1, 0.15) is 16.7 Å². The summed E-state index contributed by atoms with van der Waals surface area (Å²) in [5, 5.41) is 12.5. The first-order valence-corrected chi connectivity index (χ1v) is 8.29. The van der Waals surface area contributed by atoms with E-state index in [9.17, 15) is 13.2 Å². The Morgan fingerprint density at radius 1 is 1.08 bits per heavy atom. The van der Waals surface area contributed by atoms with E-state index in [2.05, 4.69) is 15.3 Å². The molecule has 0 aliphatic heterocycles. The first kappa shape index (κ1) is 17.2. The number of benzene rings is 2. The van der Waals surface area contributed by atoms with Gasteiger partial charge in [-0.1, -0.05) is 54.2 Å². The van der Waals surface area contributed by atoms with E-state index in [0.717, 1.165) is 17.7 Å². The Balaban J connectivity index is 1.72. The molecule has 0 spiro atoms. The van der Waals surface area contributed by atoms with Crippen LogP contribution >= 0.6 is 11.8 Å². The number of hydrogen-bond acceptors (Lipinski definition) is 4. The number of hydrogen-bond donors (Lipinski definition) is 0. The van der Waals surface area contributed by atoms with Crippen molar-refractivity contribution in [1.82, 2.24) is 14.9 Å². The molecule has 25 heavy (non-hydrogen) atoms. The highest BCUT2D eigenvalue weighted by molar-refractivity contribution is 7.98. The molecule has 0 bridgehead atoms. The molecule has 0 radical (unpaired) electrons. The number of aromatic nitrogens is 3. The number of halogens is 3. The van der Waals surface area contributed by atoms with Gasteiger partial charge in [-0.15, -0.1) is 10.2 Å². The van der Waals surface area contributed by atoms with Crippen LogP contribution in [0, 0.1) is 0 Å². The van der Waals surface area contributed by atoms with E-state index in [1.54, 1.807) is 6.07 Å². The van der Waals surface area contributed by atoms with Crippen LogP contribution in [0.5, 0.6) is 0 Å². The molecular formula is C17H13F3N4S. The molecule has 0 fully saturated rings. The summed E-state index contributed by atoms with van der Waals surface area (Å²) in [6.07, 6.45) is -1.61. The number of nitrogens with zero attached hydrogens (tertiary/aromatic N) is 4. The van der Waals surface area contributed by atoms with Gasteiger partial charge >= 0.3 is 6.18 Å². The quantitative estimate of drug-likeness (QED) is 0.497. The van der Waals surface area contributed by atoms with Gasteiger partial charge in [0.1, 0.15) is 6.33 Å². The van der Waals surface area contributed by atoms with Crippen LogP contribution < -0.4 is 0 Å². The lowest BCUT2D eigenvalue weighted by atomic mass is 10.1. The molecule has 0 saturated heterocycles. The van der Waals surface area contributed by atoms with Gasteiger partial charge in [0.15, 0.2) is 0 Å². The van der Waals surface area contributed by atoms with E-state index in [0.29, 0.717) is 16.5 Å². The monoisotopic (exact) mass is 362 g/mol. The Hall–Kier alpha value is -2.61. The molecule has 2 aromatic carbocycles. The summed E-state index contributed by atoms with van der Waals surface area (Å²) in [4.78, 5) is 0. The van der Waals surface area contributed by atoms with Gasteiger partial charge in [-0.2, -0.15) is 22.9 Å². The fraction of sp³-hybridized carbons (Fsp3) is 0.118. The Morgan fingerprint density at radius 3 is 2.64 bits per heavy atom. The lowest BCUT2D eigenvalue weighted by molar-refractivity contribution is -0.137. The lowest BCUT2D eigenvalue weighted by Crippen LogP contribution is -2.05. The molecule has 0 atom stereocenters. The summed E-state index contributed by atoms with van der Waals surface area (Å²) in [6, 6.07) is 14.8. The predicted octanol–water partition coefficient (Wildman–Crippen LogP) is 4.47. The van der Waals surface area contributed by atoms with Gasteiger partial charge in [-0.25, -0.2) is 0 Å². The lowest BCUT2D eigenvalue weighted by Gasteiger charge is -2.06. The average Bonchev–Trinajstić information content (AvgIpc) is 3.06. The minimum Gasteiger partial charge on any atom is -0.195 e. The molecule has 3 aromatic rings. The molecule has 1 heterocycles. The van der Waals surface area contributed by atoms with Crippen molar-refractivity contribution in [2.45, 2.75) is 17.1 Å². The highest BCUT2D eigenvalue weighted by Crippen LogP contribution is 2.29. The molecule has 1 aromatic heterocycles. The van der Waals surface area contributed by atoms with Crippen molar-refractivity contribution < 1.29 is 13.2 Å². The van der Waals surface area contributed by atoms with Crippen LogP contribution in [-0.2, 0) is 11.9 Å². The van der Waals surface area contributed by atoms with Crippen molar-refractivity contribution in [1.29, 1.82) is 0 Å². The summed E-state index contributed by atoms with van der Waals surface area (Å²) in [5.74, 6) is 0.693. The Labute approximate surface area is 146 Å². The van der Waals surface area contributed by atoms with Crippen LogP contribution in [0.4, 0.5) is 13.2 Å². The summed E-state index contributed by atoms with van der Waals surface area (Å²) in [6.45, 7) is 0. The Morgan fingerprint density at radius 2 is 1.88 bits per heavy atom. The maximum Gasteiger partial charge on any atom is 0.416 e. The zero-order valence-corrected chi connectivity index (χ0v) is 13.7. The maximum atomic E-state index is 12.7. The van der Waals surface area contributed by atoms with Crippen LogP contribution in [-0.4, -0.2) is 21.1 Å². The number of thioether (sulfide) groups is 1. The molecule has 0 aliphatic carbocycles. The largest absolute Gasteiger partial charge is 0.416 e.